The van der Waals surface area contributed by atoms with Crippen LogP contribution in [-0.4, -0.2) is 31.9 Å². The monoisotopic (exact) mass is 190 g/mol. The van der Waals surface area contributed by atoms with E-state index in [0.717, 1.165) is 6.04 Å². The largest absolute Gasteiger partial charge is 0.479 e. The summed E-state index contributed by atoms with van der Waals surface area (Å²) in [6, 6.07) is 1.02. The van der Waals surface area contributed by atoms with E-state index >= 15 is 0 Å². The van der Waals surface area contributed by atoms with Gasteiger partial charge in [-0.2, -0.15) is 0 Å². The van der Waals surface area contributed by atoms with Crippen LogP contribution in [0.25, 0.3) is 0 Å². The predicted octanol–water partition coefficient (Wildman–Crippen LogP) is 1.81. The molecule has 0 saturated heterocycles. The molecule has 0 aromatic carbocycles. The Kier molecular flexibility index (Phi) is 4.48. The Morgan fingerprint density at radius 2 is 2.00 bits per heavy atom. The van der Waals surface area contributed by atoms with E-state index in [2.05, 4.69) is 19.6 Å². The average Bonchev–Trinajstić information content (AvgIpc) is 1.84. The van der Waals surface area contributed by atoms with Crippen LogP contribution in [0.4, 0.5) is 0 Å². The first kappa shape index (κ1) is 11.6. The number of rotatable bonds is 5. The van der Waals surface area contributed by atoms with E-state index in [1.807, 2.05) is 0 Å². The van der Waals surface area contributed by atoms with Gasteiger partial charge < -0.3 is 9.84 Å². The topological polar surface area (TPSA) is 46.5 Å². The van der Waals surface area contributed by atoms with Crippen molar-refractivity contribution in [1.29, 1.82) is 0 Å². The Morgan fingerprint density at radius 3 is 2.33 bits per heavy atom. The van der Waals surface area contributed by atoms with Gasteiger partial charge in [0.15, 0.2) is 6.10 Å². The summed E-state index contributed by atoms with van der Waals surface area (Å²) in [6.45, 7) is 8.85. The first-order chi connectivity index (χ1) is 5.33. The summed E-state index contributed by atoms with van der Waals surface area (Å²) in [7, 11) is -1.08. The minimum absolute atomic E-state index is 0.573. The molecule has 0 aliphatic heterocycles. The second kappa shape index (κ2) is 4.62. The number of carboxylic acids is 1. The van der Waals surface area contributed by atoms with Crippen LogP contribution < -0.4 is 0 Å². The minimum atomic E-state index is -1.08. The molecule has 0 spiro atoms. The number of hydrogen-bond acceptors (Lipinski definition) is 2. The molecular weight excluding hydrogens is 172 g/mol. The maximum atomic E-state index is 10.3. The van der Waals surface area contributed by atoms with Gasteiger partial charge in [0.2, 0.25) is 0 Å². The fourth-order valence-corrected chi connectivity index (χ4v) is 1.34. The van der Waals surface area contributed by atoms with E-state index < -0.39 is 20.1 Å². The van der Waals surface area contributed by atoms with Crippen LogP contribution in [0.2, 0.25) is 25.7 Å². The van der Waals surface area contributed by atoms with Gasteiger partial charge in [-0.1, -0.05) is 19.6 Å². The number of aliphatic carboxylic acids is 1. The predicted molar refractivity (Wildman–Crippen MR) is 51.2 cm³/mol. The zero-order valence-corrected chi connectivity index (χ0v) is 9.26. The maximum Gasteiger partial charge on any atom is 0.332 e. The molecule has 0 aromatic heterocycles. The Bertz CT molecular complexity index is 151. The second-order valence-electron chi connectivity index (χ2n) is 4.16. The highest BCUT2D eigenvalue weighted by Crippen LogP contribution is 2.08. The van der Waals surface area contributed by atoms with E-state index in [4.69, 9.17) is 9.84 Å². The number of carboxylic acid groups (broad SMARTS) is 1. The van der Waals surface area contributed by atoms with Crippen LogP contribution in [-0.2, 0) is 9.53 Å². The van der Waals surface area contributed by atoms with Crippen molar-refractivity contribution >= 4 is 14.0 Å². The molecule has 0 rings (SSSR count). The molecule has 0 amide bonds. The lowest BCUT2D eigenvalue weighted by Crippen LogP contribution is -2.26. The fourth-order valence-electron chi connectivity index (χ4n) is 0.613. The van der Waals surface area contributed by atoms with Gasteiger partial charge in [-0.15, -0.1) is 0 Å². The molecule has 1 atom stereocenters. The standard InChI is InChI=1S/C8H18O3Si/c1-7(8(9)10)11-5-6-12(2,3)4/h7H,5-6H2,1-4H3,(H,9,10). The van der Waals surface area contributed by atoms with Gasteiger partial charge in [0, 0.05) is 14.7 Å². The summed E-state index contributed by atoms with van der Waals surface area (Å²) in [5.41, 5.74) is 0. The van der Waals surface area contributed by atoms with Crippen molar-refractivity contribution in [3.8, 4) is 0 Å². The SMILES string of the molecule is CC(OCC[Si](C)(C)C)C(=O)O. The molecule has 3 nitrogen and oxygen atoms in total. The Labute approximate surface area is 74.7 Å². The molecule has 0 aliphatic carbocycles. The molecule has 0 aliphatic rings. The molecule has 4 heteroatoms. The van der Waals surface area contributed by atoms with Crippen molar-refractivity contribution in [3.63, 3.8) is 0 Å². The van der Waals surface area contributed by atoms with Crippen LogP contribution in [0.1, 0.15) is 6.92 Å². The first-order valence-corrected chi connectivity index (χ1v) is 7.88. The molecule has 0 saturated carbocycles. The Morgan fingerprint density at radius 1 is 1.50 bits per heavy atom. The van der Waals surface area contributed by atoms with Crippen molar-refractivity contribution in [2.75, 3.05) is 6.61 Å². The molecule has 72 valence electrons. The molecule has 0 radical (unpaired) electrons. The van der Waals surface area contributed by atoms with Crippen molar-refractivity contribution in [2.24, 2.45) is 0 Å². The van der Waals surface area contributed by atoms with Crippen LogP contribution in [0, 0.1) is 0 Å². The lowest BCUT2D eigenvalue weighted by molar-refractivity contribution is -0.148. The van der Waals surface area contributed by atoms with E-state index in [-0.39, 0.29) is 0 Å². The van der Waals surface area contributed by atoms with E-state index in [1.54, 1.807) is 6.92 Å². The molecule has 1 unspecified atom stereocenters. The summed E-state index contributed by atoms with van der Waals surface area (Å²) in [4.78, 5) is 10.3. The van der Waals surface area contributed by atoms with E-state index in [1.165, 1.54) is 0 Å². The number of ether oxygens (including phenoxy) is 1. The summed E-state index contributed by atoms with van der Waals surface area (Å²) in [6.07, 6.45) is -0.665. The Balaban J connectivity index is 3.51. The molecule has 0 fully saturated rings. The van der Waals surface area contributed by atoms with Crippen molar-refractivity contribution in [2.45, 2.75) is 38.7 Å². The average molecular weight is 190 g/mol. The molecule has 0 bridgehead atoms. The zero-order chi connectivity index (χ0) is 9.78. The molecular formula is C8H18O3Si. The molecule has 0 aromatic rings. The lowest BCUT2D eigenvalue weighted by atomic mass is 10.4. The second-order valence-corrected chi connectivity index (χ2v) is 9.78. The fraction of sp³-hybridized carbons (Fsp3) is 0.875. The molecule has 0 heterocycles. The maximum absolute atomic E-state index is 10.3. The van der Waals surface area contributed by atoms with Gasteiger partial charge in [-0.3, -0.25) is 0 Å². The minimum Gasteiger partial charge on any atom is -0.479 e. The van der Waals surface area contributed by atoms with Crippen molar-refractivity contribution < 1.29 is 14.6 Å². The third kappa shape index (κ3) is 6.36. The van der Waals surface area contributed by atoms with Crippen LogP contribution >= 0.6 is 0 Å². The quantitative estimate of drug-likeness (QED) is 0.673. The summed E-state index contributed by atoms with van der Waals surface area (Å²) in [5, 5.41) is 8.50. The smallest absolute Gasteiger partial charge is 0.332 e. The van der Waals surface area contributed by atoms with Gasteiger partial charge in [-0.25, -0.2) is 4.79 Å². The van der Waals surface area contributed by atoms with Crippen LogP contribution in [0.5, 0.6) is 0 Å². The van der Waals surface area contributed by atoms with Crippen LogP contribution in [0.15, 0.2) is 0 Å². The highest BCUT2D eigenvalue weighted by Gasteiger charge is 2.15. The van der Waals surface area contributed by atoms with E-state index in [0.29, 0.717) is 6.61 Å². The number of carbonyl (C=O) groups is 1. The first-order valence-electron chi connectivity index (χ1n) is 4.17. The lowest BCUT2D eigenvalue weighted by Gasteiger charge is -2.16. The Hall–Kier alpha value is -0.353. The summed E-state index contributed by atoms with van der Waals surface area (Å²) >= 11 is 0. The molecule has 12 heavy (non-hydrogen) atoms. The third-order valence-corrected chi connectivity index (χ3v) is 3.27. The van der Waals surface area contributed by atoms with Crippen molar-refractivity contribution in [1.82, 2.24) is 0 Å². The van der Waals surface area contributed by atoms with Gasteiger partial charge in [-0.05, 0) is 13.0 Å². The third-order valence-electron chi connectivity index (χ3n) is 1.57. The summed E-state index contributed by atoms with van der Waals surface area (Å²) < 4.78 is 5.11. The van der Waals surface area contributed by atoms with Crippen molar-refractivity contribution in [3.05, 3.63) is 0 Å². The zero-order valence-electron chi connectivity index (χ0n) is 8.26. The van der Waals surface area contributed by atoms with Gasteiger partial charge in [0.05, 0.1) is 0 Å². The van der Waals surface area contributed by atoms with Gasteiger partial charge in [0.1, 0.15) is 0 Å². The highest BCUT2D eigenvalue weighted by atomic mass is 28.3. The van der Waals surface area contributed by atoms with Crippen LogP contribution in [0.3, 0.4) is 0 Å². The van der Waals surface area contributed by atoms with Gasteiger partial charge >= 0.3 is 5.97 Å². The van der Waals surface area contributed by atoms with E-state index in [9.17, 15) is 4.79 Å². The number of hydrogen-bond donors (Lipinski definition) is 1. The summed E-state index contributed by atoms with van der Waals surface area (Å²) in [5.74, 6) is -0.884. The normalized spacial score (nSPS) is 14.3. The van der Waals surface area contributed by atoms with Gasteiger partial charge in [0.25, 0.3) is 0 Å². The molecule has 1 N–H and O–H groups in total. The highest BCUT2D eigenvalue weighted by molar-refractivity contribution is 6.76.